The summed E-state index contributed by atoms with van der Waals surface area (Å²) in [6.07, 6.45) is 2.35. The summed E-state index contributed by atoms with van der Waals surface area (Å²) in [5.41, 5.74) is 2.18. The number of aromatic nitrogens is 2. The van der Waals surface area contributed by atoms with Gasteiger partial charge in [-0.1, -0.05) is 12.1 Å². The number of hydrogen-bond donors (Lipinski definition) is 1. The topological polar surface area (TPSA) is 63.1 Å². The maximum atomic E-state index is 10.4. The summed E-state index contributed by atoms with van der Waals surface area (Å²) < 4.78 is 20.5. The smallest absolute Gasteiger partial charge is 0.168 e. The third kappa shape index (κ3) is 4.84. The van der Waals surface area contributed by atoms with E-state index in [-0.39, 0.29) is 11.4 Å². The molecule has 0 unspecified atom stereocenters. The maximum absolute atomic E-state index is 10.4. The lowest BCUT2D eigenvalue weighted by molar-refractivity contribution is 0.111. The lowest BCUT2D eigenvalue weighted by atomic mass is 10.3. The van der Waals surface area contributed by atoms with Gasteiger partial charge >= 0.3 is 0 Å². The average molecular weight is 247 g/mol. The van der Waals surface area contributed by atoms with Crippen LogP contribution >= 0.6 is 0 Å². The predicted molar refractivity (Wildman–Crippen MR) is 69.3 cm³/mol. The van der Waals surface area contributed by atoms with Gasteiger partial charge in [0.2, 0.25) is 0 Å². The summed E-state index contributed by atoms with van der Waals surface area (Å²) in [5.74, 6) is 0. The molecule has 0 amide bonds. The van der Waals surface area contributed by atoms with Crippen molar-refractivity contribution in [3.05, 3.63) is 59.2 Å². The fraction of sp³-hybridized carbons (Fsp3) is 0.214. The first kappa shape index (κ1) is 9.91. The molecule has 2 rings (SSSR count). The van der Waals surface area contributed by atoms with Crippen LogP contribution in [0, 0.1) is 13.8 Å². The molecule has 0 radical (unpaired) electrons. The normalized spacial score (nSPS) is 12.5. The molecule has 0 bridgehead atoms. The highest BCUT2D eigenvalue weighted by Crippen LogP contribution is 1.96. The van der Waals surface area contributed by atoms with Crippen molar-refractivity contribution < 1.29 is 14.0 Å². The summed E-state index contributed by atoms with van der Waals surface area (Å²) in [6.45, 7) is 1.41. The van der Waals surface area contributed by atoms with Gasteiger partial charge in [0, 0.05) is 12.4 Å². The lowest BCUT2D eigenvalue weighted by Crippen LogP contribution is -1.87. The highest BCUT2D eigenvalue weighted by molar-refractivity contribution is 5.71. The Kier molecular flexibility index (Phi) is 4.02. The zero-order valence-corrected chi connectivity index (χ0v) is 10.2. The molecule has 0 aliphatic heterocycles. The van der Waals surface area contributed by atoms with Crippen molar-refractivity contribution in [2.45, 2.75) is 20.4 Å². The van der Waals surface area contributed by atoms with Crippen molar-refractivity contribution in [2.24, 2.45) is 0 Å². The van der Waals surface area contributed by atoms with Gasteiger partial charge in [-0.25, -0.2) is 0 Å². The lowest BCUT2D eigenvalue weighted by Gasteiger charge is -1.93. The zero-order chi connectivity index (χ0) is 16.0. The monoisotopic (exact) mass is 247 g/mol. The quantitative estimate of drug-likeness (QED) is 0.825. The molecule has 0 atom stereocenters. The predicted octanol–water partition coefficient (Wildman–Crippen LogP) is 2.08. The number of aliphatic hydroxyl groups is 1. The fourth-order valence-corrected chi connectivity index (χ4v) is 1.06. The molecule has 2 aromatic heterocycles. The van der Waals surface area contributed by atoms with E-state index in [1.165, 1.54) is 12.3 Å². The van der Waals surface area contributed by atoms with Gasteiger partial charge in [-0.15, -0.1) is 0 Å². The Morgan fingerprint density at radius 2 is 1.83 bits per heavy atom. The van der Waals surface area contributed by atoms with Crippen molar-refractivity contribution in [2.75, 3.05) is 0 Å². The van der Waals surface area contributed by atoms with Crippen LogP contribution < -0.4 is 0 Å². The van der Waals surface area contributed by atoms with Crippen molar-refractivity contribution in [1.29, 1.82) is 0 Å². The van der Waals surface area contributed by atoms with Crippen molar-refractivity contribution >= 4 is 6.26 Å². The van der Waals surface area contributed by atoms with E-state index in [1.54, 1.807) is 24.4 Å². The molecule has 4 nitrogen and oxygen atoms in total. The van der Waals surface area contributed by atoms with E-state index in [9.17, 15) is 4.79 Å². The molecular weight excluding hydrogens is 228 g/mol. The number of rotatable bonds is 2. The molecular formula is C14H16N2O2. The summed E-state index contributed by atoms with van der Waals surface area (Å²) in [6, 6.07) is 6.48. The van der Waals surface area contributed by atoms with Crippen LogP contribution in [-0.4, -0.2) is 21.3 Å². The molecule has 0 spiro atoms. The molecule has 0 fully saturated rings. The van der Waals surface area contributed by atoms with Gasteiger partial charge in [-0.05, 0) is 37.1 Å². The summed E-state index contributed by atoms with van der Waals surface area (Å²) in [4.78, 5) is 17.8. The van der Waals surface area contributed by atoms with E-state index in [4.69, 9.17) is 9.22 Å². The molecule has 0 aromatic carbocycles. The van der Waals surface area contributed by atoms with Crippen molar-refractivity contribution in [3.8, 4) is 0 Å². The second kappa shape index (κ2) is 7.29. The zero-order valence-electron chi connectivity index (χ0n) is 13.2. The largest absolute Gasteiger partial charge is 0.390 e. The molecule has 2 heterocycles. The Morgan fingerprint density at radius 3 is 2.22 bits per heavy atom. The second-order valence-corrected chi connectivity index (χ2v) is 3.66. The number of hydrogen-bond acceptors (Lipinski definition) is 4. The first-order valence-electron chi connectivity index (χ1n) is 6.79. The van der Waals surface area contributed by atoms with Gasteiger partial charge in [0.05, 0.1) is 15.0 Å². The Morgan fingerprint density at radius 1 is 1.22 bits per heavy atom. The molecule has 94 valence electrons. The molecule has 2 aromatic rings. The van der Waals surface area contributed by atoms with E-state index in [0.29, 0.717) is 0 Å². The standard InChI is InChI=1S/C7H9NO.C7H7NO/c2*1-6-2-3-7(5-9)8-4-6/h2-4,9H,5H2,1H3;2-5H,1H3/i5D2;5D. The number of aldehydes is 1. The fourth-order valence-electron chi connectivity index (χ4n) is 1.06. The summed E-state index contributed by atoms with van der Waals surface area (Å²) >= 11 is 0. The molecule has 4 heteroatoms. The molecule has 18 heavy (non-hydrogen) atoms. The van der Waals surface area contributed by atoms with Gasteiger partial charge in [-0.2, -0.15) is 0 Å². The van der Waals surface area contributed by atoms with Crippen molar-refractivity contribution in [3.63, 3.8) is 0 Å². The maximum Gasteiger partial charge on any atom is 0.168 e. The molecule has 0 saturated carbocycles. The Balaban J connectivity index is 0.000000211. The van der Waals surface area contributed by atoms with Crippen LogP contribution in [-0.2, 0) is 6.56 Å². The second-order valence-electron chi connectivity index (χ2n) is 3.66. The first-order chi connectivity index (χ1) is 9.70. The Bertz CT molecular complexity index is 593. The van der Waals surface area contributed by atoms with E-state index in [2.05, 4.69) is 9.97 Å². The van der Waals surface area contributed by atoms with Gasteiger partial charge in [-0.3, -0.25) is 14.8 Å². The SMILES string of the molecule is [2H]C(=O)c1ccc(C)cn1.[2H]C([2H])(O)c1ccc(C)cn1. The summed E-state index contributed by atoms with van der Waals surface area (Å²) in [5, 5.41) is 8.85. The minimum Gasteiger partial charge on any atom is -0.390 e. The first-order valence-corrected chi connectivity index (χ1v) is 5.29. The number of carbonyl (C=O) groups is 1. The highest BCUT2D eigenvalue weighted by Gasteiger charge is 1.87. The van der Waals surface area contributed by atoms with Gasteiger partial charge in [0.1, 0.15) is 7.06 Å². The van der Waals surface area contributed by atoms with Crippen molar-refractivity contribution in [1.82, 2.24) is 9.97 Å². The highest BCUT2D eigenvalue weighted by atomic mass is 16.3. The Labute approximate surface area is 111 Å². The van der Waals surface area contributed by atoms with E-state index in [0.717, 1.165) is 11.1 Å². The molecule has 0 aliphatic rings. The summed E-state index contributed by atoms with van der Waals surface area (Å²) in [7, 11) is 0. The van der Waals surface area contributed by atoms with Crippen LogP contribution in [0.1, 0.15) is 31.4 Å². The van der Waals surface area contributed by atoms with Crippen LogP contribution in [0.5, 0.6) is 0 Å². The molecule has 1 N–H and O–H groups in total. The molecule has 0 aliphatic carbocycles. The van der Waals surface area contributed by atoms with Gasteiger partial charge in [0.15, 0.2) is 6.26 Å². The van der Waals surface area contributed by atoms with Gasteiger partial charge < -0.3 is 5.11 Å². The van der Waals surface area contributed by atoms with E-state index in [1.807, 2.05) is 13.8 Å². The van der Waals surface area contributed by atoms with E-state index < -0.39 is 12.8 Å². The van der Waals surface area contributed by atoms with Crippen LogP contribution in [0.25, 0.3) is 0 Å². The minimum atomic E-state index is -2.33. The van der Waals surface area contributed by atoms with E-state index >= 15 is 0 Å². The van der Waals surface area contributed by atoms with Crippen LogP contribution in [0.15, 0.2) is 36.7 Å². The van der Waals surface area contributed by atoms with Crippen LogP contribution in [0.4, 0.5) is 0 Å². The third-order valence-corrected chi connectivity index (χ3v) is 2.04. The minimum absolute atomic E-state index is 0.0445. The average Bonchev–Trinajstić information content (AvgIpc) is 2.39. The number of carbonyl (C=O) groups excluding carboxylic acids is 1. The van der Waals surface area contributed by atoms with Crippen LogP contribution in [0.2, 0.25) is 0 Å². The van der Waals surface area contributed by atoms with Crippen LogP contribution in [0.3, 0.4) is 0 Å². The van der Waals surface area contributed by atoms with Gasteiger partial charge in [0.25, 0.3) is 0 Å². The Hall–Kier alpha value is -2.07. The number of pyridine rings is 2. The third-order valence-electron chi connectivity index (χ3n) is 2.04. The number of nitrogens with zero attached hydrogens (tertiary/aromatic N) is 2. The number of aryl methyl sites for hydroxylation is 2. The molecule has 0 saturated heterocycles.